The fourth-order valence-electron chi connectivity index (χ4n) is 3.79. The second kappa shape index (κ2) is 7.48. The SMILES string of the molecule is CC(C)(C)O[C@H](C(=O)O)c1cnc2ccccc2c1-c1ccc2c(c1)CCCO2. The number of hydrogen-bond donors (Lipinski definition) is 1. The summed E-state index contributed by atoms with van der Waals surface area (Å²) in [6.07, 6.45) is 2.45. The number of para-hydroxylation sites is 1. The summed E-state index contributed by atoms with van der Waals surface area (Å²) in [4.78, 5) is 16.7. The topological polar surface area (TPSA) is 68.7 Å². The van der Waals surface area contributed by atoms with Crippen LogP contribution in [0.2, 0.25) is 0 Å². The standard InChI is InChI=1S/C24H25NO4/c1-24(2,3)29-22(23(26)27)18-14-25-19-9-5-4-8-17(19)21(18)16-10-11-20-15(13-16)7-6-12-28-20/h4-5,8-11,13-14,22H,6-7,12H2,1-3H3,(H,26,27)/t22-/m0/s1. The Morgan fingerprint density at radius 3 is 2.76 bits per heavy atom. The number of aliphatic carboxylic acids is 1. The van der Waals surface area contributed by atoms with Crippen molar-refractivity contribution in [1.82, 2.24) is 4.98 Å². The van der Waals surface area contributed by atoms with Crippen LogP contribution in [0.3, 0.4) is 0 Å². The normalized spacial score (nSPS) is 14.9. The number of carboxylic acid groups (broad SMARTS) is 1. The summed E-state index contributed by atoms with van der Waals surface area (Å²) >= 11 is 0. The van der Waals surface area contributed by atoms with E-state index in [-0.39, 0.29) is 0 Å². The number of hydrogen-bond acceptors (Lipinski definition) is 4. The van der Waals surface area contributed by atoms with Crippen LogP contribution in [0, 0.1) is 0 Å². The summed E-state index contributed by atoms with van der Waals surface area (Å²) in [5.74, 6) is -0.125. The Balaban J connectivity index is 1.95. The van der Waals surface area contributed by atoms with Gasteiger partial charge in [0.05, 0.1) is 17.7 Å². The summed E-state index contributed by atoms with van der Waals surface area (Å²) in [6, 6.07) is 13.9. The zero-order chi connectivity index (χ0) is 20.6. The summed E-state index contributed by atoms with van der Waals surface area (Å²) < 4.78 is 11.7. The number of fused-ring (bicyclic) bond motifs is 2. The molecule has 5 heteroatoms. The van der Waals surface area contributed by atoms with E-state index < -0.39 is 17.7 Å². The molecule has 0 spiro atoms. The minimum absolute atomic E-state index is 0.558. The number of ether oxygens (including phenoxy) is 2. The molecule has 3 aromatic rings. The van der Waals surface area contributed by atoms with Crippen molar-refractivity contribution in [3.05, 3.63) is 59.8 Å². The minimum Gasteiger partial charge on any atom is -0.493 e. The van der Waals surface area contributed by atoms with E-state index >= 15 is 0 Å². The van der Waals surface area contributed by atoms with Crippen molar-refractivity contribution in [2.45, 2.75) is 45.3 Å². The smallest absolute Gasteiger partial charge is 0.337 e. The monoisotopic (exact) mass is 391 g/mol. The molecule has 0 unspecified atom stereocenters. The largest absolute Gasteiger partial charge is 0.493 e. The lowest BCUT2D eigenvalue weighted by molar-refractivity contribution is -0.160. The van der Waals surface area contributed by atoms with Gasteiger partial charge in [-0.05, 0) is 68.5 Å². The van der Waals surface area contributed by atoms with E-state index in [0.29, 0.717) is 5.56 Å². The summed E-state index contributed by atoms with van der Waals surface area (Å²) in [6.45, 7) is 6.30. The maximum atomic E-state index is 12.2. The zero-order valence-electron chi connectivity index (χ0n) is 16.9. The first-order valence-corrected chi connectivity index (χ1v) is 9.88. The fourth-order valence-corrected chi connectivity index (χ4v) is 3.79. The first-order chi connectivity index (χ1) is 13.8. The van der Waals surface area contributed by atoms with Crippen LogP contribution >= 0.6 is 0 Å². The molecule has 1 aromatic heterocycles. The molecule has 29 heavy (non-hydrogen) atoms. The third-order valence-electron chi connectivity index (χ3n) is 4.98. The summed E-state index contributed by atoms with van der Waals surface area (Å²) in [5, 5.41) is 10.9. The number of nitrogens with zero attached hydrogens (tertiary/aromatic N) is 1. The van der Waals surface area contributed by atoms with Gasteiger partial charge in [0.25, 0.3) is 0 Å². The molecule has 0 saturated heterocycles. The van der Waals surface area contributed by atoms with E-state index in [1.165, 1.54) is 0 Å². The maximum Gasteiger partial charge on any atom is 0.337 e. The molecular formula is C24H25NO4. The molecule has 1 aliphatic heterocycles. The molecule has 0 amide bonds. The van der Waals surface area contributed by atoms with Crippen LogP contribution in [0.4, 0.5) is 0 Å². The lowest BCUT2D eigenvalue weighted by atomic mass is 9.91. The van der Waals surface area contributed by atoms with E-state index in [4.69, 9.17) is 9.47 Å². The number of pyridine rings is 1. The molecule has 1 aliphatic rings. The lowest BCUT2D eigenvalue weighted by Crippen LogP contribution is -2.27. The van der Waals surface area contributed by atoms with Gasteiger partial charge in [-0.1, -0.05) is 24.3 Å². The van der Waals surface area contributed by atoms with Crippen molar-refractivity contribution in [2.24, 2.45) is 0 Å². The summed E-state index contributed by atoms with van der Waals surface area (Å²) in [5.41, 5.74) is 3.70. The number of rotatable bonds is 4. The van der Waals surface area contributed by atoms with Crippen molar-refractivity contribution >= 4 is 16.9 Å². The lowest BCUT2D eigenvalue weighted by Gasteiger charge is -2.27. The van der Waals surface area contributed by atoms with Gasteiger partial charge >= 0.3 is 5.97 Å². The minimum atomic E-state index is -1.12. The molecular weight excluding hydrogens is 366 g/mol. The van der Waals surface area contributed by atoms with Crippen molar-refractivity contribution in [3.63, 3.8) is 0 Å². The van der Waals surface area contributed by atoms with Crippen molar-refractivity contribution in [1.29, 1.82) is 0 Å². The number of aryl methyl sites for hydroxylation is 1. The highest BCUT2D eigenvalue weighted by atomic mass is 16.5. The van der Waals surface area contributed by atoms with E-state index in [9.17, 15) is 9.90 Å². The maximum absolute atomic E-state index is 12.2. The number of benzene rings is 2. The van der Waals surface area contributed by atoms with Crippen LogP contribution in [0.1, 0.15) is 44.4 Å². The Labute approximate surface area is 170 Å². The predicted octanol–water partition coefficient (Wildman–Crippen LogP) is 5.17. The molecule has 0 fully saturated rings. The molecule has 2 heterocycles. The average molecular weight is 391 g/mol. The Bertz CT molecular complexity index is 1070. The van der Waals surface area contributed by atoms with Gasteiger partial charge in [0.2, 0.25) is 0 Å². The van der Waals surface area contributed by atoms with Gasteiger partial charge in [-0.15, -0.1) is 0 Å². The Hall–Kier alpha value is -2.92. The molecule has 0 saturated carbocycles. The van der Waals surface area contributed by atoms with Gasteiger partial charge in [0, 0.05) is 17.1 Å². The Morgan fingerprint density at radius 1 is 1.21 bits per heavy atom. The highest BCUT2D eigenvalue weighted by molar-refractivity contribution is 5.98. The second-order valence-corrected chi connectivity index (χ2v) is 8.33. The highest BCUT2D eigenvalue weighted by Crippen LogP contribution is 2.39. The van der Waals surface area contributed by atoms with Gasteiger partial charge in [-0.25, -0.2) is 4.79 Å². The Kier molecular flexibility index (Phi) is 5.01. The molecule has 5 nitrogen and oxygen atoms in total. The molecule has 4 rings (SSSR count). The molecule has 0 aliphatic carbocycles. The quantitative estimate of drug-likeness (QED) is 0.665. The first-order valence-electron chi connectivity index (χ1n) is 9.88. The van der Waals surface area contributed by atoms with Gasteiger partial charge in [-0.2, -0.15) is 0 Å². The first kappa shape index (κ1) is 19.4. The number of carbonyl (C=O) groups is 1. The van der Waals surface area contributed by atoms with Crippen LogP contribution in [-0.4, -0.2) is 28.3 Å². The molecule has 1 atom stereocenters. The third kappa shape index (κ3) is 3.96. The van der Waals surface area contributed by atoms with Crippen LogP contribution in [0.15, 0.2) is 48.7 Å². The molecule has 0 radical (unpaired) electrons. The van der Waals surface area contributed by atoms with Gasteiger partial charge in [0.1, 0.15) is 5.75 Å². The molecule has 0 bridgehead atoms. The third-order valence-corrected chi connectivity index (χ3v) is 4.98. The second-order valence-electron chi connectivity index (χ2n) is 8.33. The zero-order valence-corrected chi connectivity index (χ0v) is 16.9. The molecule has 150 valence electrons. The van der Waals surface area contributed by atoms with Gasteiger partial charge in [0.15, 0.2) is 6.10 Å². The van der Waals surface area contributed by atoms with Crippen LogP contribution in [0.5, 0.6) is 5.75 Å². The summed E-state index contributed by atoms with van der Waals surface area (Å²) in [7, 11) is 0. The van der Waals surface area contributed by atoms with Crippen molar-refractivity contribution in [2.75, 3.05) is 6.61 Å². The van der Waals surface area contributed by atoms with E-state index in [1.54, 1.807) is 6.20 Å². The predicted molar refractivity (Wildman–Crippen MR) is 112 cm³/mol. The van der Waals surface area contributed by atoms with Crippen molar-refractivity contribution in [3.8, 4) is 16.9 Å². The van der Waals surface area contributed by atoms with Crippen LogP contribution in [-0.2, 0) is 16.0 Å². The highest BCUT2D eigenvalue weighted by Gasteiger charge is 2.30. The van der Waals surface area contributed by atoms with E-state index in [0.717, 1.165) is 52.8 Å². The van der Waals surface area contributed by atoms with Gasteiger partial charge < -0.3 is 14.6 Å². The van der Waals surface area contributed by atoms with E-state index in [1.807, 2.05) is 57.2 Å². The van der Waals surface area contributed by atoms with E-state index in [2.05, 4.69) is 11.1 Å². The molecule has 2 aromatic carbocycles. The Morgan fingerprint density at radius 2 is 2.00 bits per heavy atom. The number of carboxylic acids is 1. The van der Waals surface area contributed by atoms with Gasteiger partial charge in [-0.3, -0.25) is 4.98 Å². The molecule has 1 N–H and O–H groups in total. The van der Waals surface area contributed by atoms with Crippen molar-refractivity contribution < 1.29 is 19.4 Å². The number of aromatic nitrogens is 1. The fraction of sp³-hybridized carbons (Fsp3) is 0.333. The average Bonchev–Trinajstić information content (AvgIpc) is 2.70. The van der Waals surface area contributed by atoms with Crippen LogP contribution < -0.4 is 4.74 Å². The van der Waals surface area contributed by atoms with Crippen LogP contribution in [0.25, 0.3) is 22.0 Å².